The molecule has 0 saturated heterocycles. The van der Waals surface area contributed by atoms with Crippen LogP contribution in [0, 0.1) is 13.8 Å². The summed E-state index contributed by atoms with van der Waals surface area (Å²) < 4.78 is 5.62. The van der Waals surface area contributed by atoms with Crippen molar-refractivity contribution in [2.45, 2.75) is 33.3 Å². The molecule has 2 aromatic rings. The van der Waals surface area contributed by atoms with Crippen molar-refractivity contribution >= 4 is 5.97 Å². The summed E-state index contributed by atoms with van der Waals surface area (Å²) in [5, 5.41) is 18.3. The van der Waals surface area contributed by atoms with Crippen molar-refractivity contribution in [1.82, 2.24) is 4.98 Å². The molecule has 2 rings (SSSR count). The SMILES string of the molecule is Cc1nc(-c2c(CO)cccc2CCC(=O)O)oc1C. The van der Waals surface area contributed by atoms with Gasteiger partial charge in [0.2, 0.25) is 5.89 Å². The average molecular weight is 275 g/mol. The summed E-state index contributed by atoms with van der Waals surface area (Å²) in [4.78, 5) is 15.1. The van der Waals surface area contributed by atoms with Crippen molar-refractivity contribution in [1.29, 1.82) is 0 Å². The van der Waals surface area contributed by atoms with E-state index in [4.69, 9.17) is 9.52 Å². The summed E-state index contributed by atoms with van der Waals surface area (Å²) in [6.45, 7) is 3.53. The fourth-order valence-corrected chi connectivity index (χ4v) is 2.09. The number of aliphatic hydroxyl groups is 1. The van der Waals surface area contributed by atoms with Crippen molar-refractivity contribution in [3.63, 3.8) is 0 Å². The number of nitrogens with zero attached hydrogens (tertiary/aromatic N) is 1. The fourth-order valence-electron chi connectivity index (χ4n) is 2.09. The number of aromatic nitrogens is 1. The number of aliphatic hydroxyl groups excluding tert-OH is 1. The van der Waals surface area contributed by atoms with E-state index in [2.05, 4.69) is 4.98 Å². The highest BCUT2D eigenvalue weighted by molar-refractivity contribution is 5.69. The molecule has 0 aliphatic carbocycles. The normalized spacial score (nSPS) is 10.8. The van der Waals surface area contributed by atoms with Crippen LogP contribution in [0.2, 0.25) is 0 Å². The van der Waals surface area contributed by atoms with E-state index in [9.17, 15) is 9.90 Å². The number of carboxylic acid groups (broad SMARTS) is 1. The Labute approximate surface area is 116 Å². The lowest BCUT2D eigenvalue weighted by atomic mass is 9.97. The van der Waals surface area contributed by atoms with Crippen LogP contribution in [0.3, 0.4) is 0 Å². The number of aliphatic carboxylic acids is 1. The molecule has 20 heavy (non-hydrogen) atoms. The first-order valence-electron chi connectivity index (χ1n) is 6.40. The van der Waals surface area contributed by atoms with Crippen LogP contribution in [-0.2, 0) is 17.8 Å². The number of aryl methyl sites for hydroxylation is 3. The van der Waals surface area contributed by atoms with E-state index >= 15 is 0 Å². The number of carboxylic acids is 1. The molecule has 1 aromatic heterocycles. The quantitative estimate of drug-likeness (QED) is 0.875. The monoisotopic (exact) mass is 275 g/mol. The molecule has 0 bridgehead atoms. The fraction of sp³-hybridized carbons (Fsp3) is 0.333. The molecule has 0 aliphatic rings. The van der Waals surface area contributed by atoms with E-state index < -0.39 is 5.97 Å². The van der Waals surface area contributed by atoms with Gasteiger partial charge in [-0.05, 0) is 31.4 Å². The molecule has 2 N–H and O–H groups in total. The molecule has 5 nitrogen and oxygen atoms in total. The molecule has 0 atom stereocenters. The Morgan fingerprint density at radius 1 is 1.30 bits per heavy atom. The van der Waals surface area contributed by atoms with Crippen molar-refractivity contribution in [3.8, 4) is 11.5 Å². The summed E-state index contributed by atoms with van der Waals surface area (Å²) in [5.74, 6) is 0.298. The lowest BCUT2D eigenvalue weighted by molar-refractivity contribution is -0.136. The smallest absolute Gasteiger partial charge is 0.303 e. The van der Waals surface area contributed by atoms with Crippen LogP contribution in [0.4, 0.5) is 0 Å². The van der Waals surface area contributed by atoms with Crippen LogP contribution in [0.1, 0.15) is 29.0 Å². The summed E-state index contributed by atoms with van der Waals surface area (Å²) >= 11 is 0. The second kappa shape index (κ2) is 5.88. The molecule has 0 amide bonds. The number of oxazole rings is 1. The van der Waals surface area contributed by atoms with E-state index in [-0.39, 0.29) is 13.0 Å². The number of carbonyl (C=O) groups is 1. The zero-order valence-corrected chi connectivity index (χ0v) is 11.5. The summed E-state index contributed by atoms with van der Waals surface area (Å²) in [6.07, 6.45) is 0.402. The minimum atomic E-state index is -0.856. The van der Waals surface area contributed by atoms with Crippen molar-refractivity contribution in [3.05, 3.63) is 40.8 Å². The molecule has 0 fully saturated rings. The Kier molecular flexibility index (Phi) is 4.20. The summed E-state index contributed by atoms with van der Waals surface area (Å²) in [6, 6.07) is 5.43. The highest BCUT2D eigenvalue weighted by Crippen LogP contribution is 2.29. The number of rotatable bonds is 5. The largest absolute Gasteiger partial charge is 0.481 e. The van der Waals surface area contributed by atoms with Crippen molar-refractivity contribution in [2.24, 2.45) is 0 Å². The lowest BCUT2D eigenvalue weighted by Crippen LogP contribution is -2.01. The third kappa shape index (κ3) is 2.88. The van der Waals surface area contributed by atoms with E-state index in [1.807, 2.05) is 19.9 Å². The molecule has 5 heteroatoms. The topological polar surface area (TPSA) is 83.6 Å². The van der Waals surface area contributed by atoms with E-state index in [0.717, 1.165) is 17.0 Å². The van der Waals surface area contributed by atoms with Gasteiger partial charge >= 0.3 is 5.97 Å². The third-order valence-corrected chi connectivity index (χ3v) is 3.26. The Morgan fingerprint density at radius 2 is 2.00 bits per heavy atom. The molecule has 1 aromatic carbocycles. The average Bonchev–Trinajstić information content (AvgIpc) is 2.75. The molecule has 106 valence electrons. The van der Waals surface area contributed by atoms with Crippen LogP contribution >= 0.6 is 0 Å². The summed E-state index contributed by atoms with van der Waals surface area (Å²) in [7, 11) is 0. The first-order valence-corrected chi connectivity index (χ1v) is 6.40. The predicted octanol–water partition coefficient (Wildman–Crippen LogP) is 2.47. The van der Waals surface area contributed by atoms with Gasteiger partial charge in [-0.1, -0.05) is 18.2 Å². The van der Waals surface area contributed by atoms with Gasteiger partial charge in [0.15, 0.2) is 0 Å². The highest BCUT2D eigenvalue weighted by atomic mass is 16.4. The zero-order chi connectivity index (χ0) is 14.7. The Hall–Kier alpha value is -2.14. The van der Waals surface area contributed by atoms with Gasteiger partial charge in [0.25, 0.3) is 0 Å². The molecule has 0 unspecified atom stereocenters. The van der Waals surface area contributed by atoms with Crippen molar-refractivity contribution in [2.75, 3.05) is 0 Å². The number of hydrogen-bond donors (Lipinski definition) is 2. The molecule has 0 saturated carbocycles. The second-order valence-electron chi connectivity index (χ2n) is 4.66. The van der Waals surface area contributed by atoms with Crippen LogP contribution in [0.15, 0.2) is 22.6 Å². The molecular weight excluding hydrogens is 258 g/mol. The van der Waals surface area contributed by atoms with Crippen LogP contribution in [-0.4, -0.2) is 21.2 Å². The molecule has 0 radical (unpaired) electrons. The minimum Gasteiger partial charge on any atom is -0.481 e. The zero-order valence-electron chi connectivity index (χ0n) is 11.5. The molecule has 0 spiro atoms. The third-order valence-electron chi connectivity index (χ3n) is 3.26. The lowest BCUT2D eigenvalue weighted by Gasteiger charge is -2.10. The van der Waals surface area contributed by atoms with Gasteiger partial charge in [-0.25, -0.2) is 4.98 Å². The second-order valence-corrected chi connectivity index (χ2v) is 4.66. The maximum absolute atomic E-state index is 10.7. The van der Waals surface area contributed by atoms with Crippen molar-refractivity contribution < 1.29 is 19.4 Å². The maximum atomic E-state index is 10.7. The van der Waals surface area contributed by atoms with Gasteiger partial charge < -0.3 is 14.6 Å². The van der Waals surface area contributed by atoms with Gasteiger partial charge in [0, 0.05) is 12.0 Å². The Bertz CT molecular complexity index is 611. The van der Waals surface area contributed by atoms with Crippen LogP contribution in [0.5, 0.6) is 0 Å². The molecule has 0 aliphatic heterocycles. The van der Waals surface area contributed by atoms with Crippen LogP contribution in [0.25, 0.3) is 11.5 Å². The highest BCUT2D eigenvalue weighted by Gasteiger charge is 2.17. The van der Waals surface area contributed by atoms with Gasteiger partial charge in [0.1, 0.15) is 5.76 Å². The van der Waals surface area contributed by atoms with E-state index in [0.29, 0.717) is 23.4 Å². The van der Waals surface area contributed by atoms with Gasteiger partial charge in [-0.2, -0.15) is 0 Å². The first kappa shape index (κ1) is 14.3. The van der Waals surface area contributed by atoms with Gasteiger partial charge in [-0.15, -0.1) is 0 Å². The van der Waals surface area contributed by atoms with Gasteiger partial charge in [-0.3, -0.25) is 4.79 Å². The Balaban J connectivity index is 2.49. The number of hydrogen-bond acceptors (Lipinski definition) is 4. The molecular formula is C15H17NO4. The number of benzene rings is 1. The van der Waals surface area contributed by atoms with E-state index in [1.165, 1.54) is 0 Å². The predicted molar refractivity (Wildman–Crippen MR) is 73.3 cm³/mol. The standard InChI is InChI=1S/C15H17NO4/c1-9-10(2)20-15(16-9)14-11(6-7-13(18)19)4-3-5-12(14)8-17/h3-5,17H,6-8H2,1-2H3,(H,18,19). The van der Waals surface area contributed by atoms with Gasteiger partial charge in [0.05, 0.1) is 12.3 Å². The summed E-state index contributed by atoms with van der Waals surface area (Å²) in [5.41, 5.74) is 3.00. The van der Waals surface area contributed by atoms with Crippen LogP contribution < -0.4 is 0 Å². The Morgan fingerprint density at radius 3 is 2.55 bits per heavy atom. The molecule has 1 heterocycles. The maximum Gasteiger partial charge on any atom is 0.303 e. The first-order chi connectivity index (χ1) is 9.52. The minimum absolute atomic E-state index is 0.0283. The van der Waals surface area contributed by atoms with E-state index in [1.54, 1.807) is 12.1 Å².